The third-order valence-corrected chi connectivity index (χ3v) is 5.16. The molecule has 0 aliphatic heterocycles. The van der Waals surface area contributed by atoms with Gasteiger partial charge in [-0.2, -0.15) is 9.97 Å². The average Bonchev–Trinajstić information content (AvgIpc) is 3.15. The van der Waals surface area contributed by atoms with Gasteiger partial charge in [-0.05, 0) is 39.2 Å². The maximum absolute atomic E-state index is 14.1. The van der Waals surface area contributed by atoms with Crippen molar-refractivity contribution in [2.24, 2.45) is 0 Å². The van der Waals surface area contributed by atoms with Crippen molar-refractivity contribution in [3.8, 4) is 11.9 Å². The third kappa shape index (κ3) is 4.77. The number of ether oxygens (including phenoxy) is 2. The van der Waals surface area contributed by atoms with E-state index in [0.29, 0.717) is 22.8 Å². The molecule has 0 spiro atoms. The van der Waals surface area contributed by atoms with Crippen molar-refractivity contribution in [2.75, 3.05) is 46.3 Å². The molecule has 29 heavy (non-hydrogen) atoms. The molecule has 0 fully saturated rings. The number of rotatable bonds is 8. The molecule has 0 aliphatic carbocycles. The Morgan fingerprint density at radius 3 is 2.59 bits per heavy atom. The van der Waals surface area contributed by atoms with Gasteiger partial charge in [0.05, 0.1) is 18.9 Å². The number of nitrogens with zero attached hydrogens (tertiary/aromatic N) is 5. The lowest BCUT2D eigenvalue weighted by molar-refractivity contribution is 0.0979. The maximum Gasteiger partial charge on any atom is 0.320 e. The topological polar surface area (TPSA) is 80.7 Å². The van der Waals surface area contributed by atoms with Gasteiger partial charge in [0.15, 0.2) is 5.13 Å². The lowest BCUT2D eigenvalue weighted by Crippen LogP contribution is -2.34. The van der Waals surface area contributed by atoms with Crippen molar-refractivity contribution in [3.63, 3.8) is 0 Å². The fraction of sp³-hybridized carbons (Fsp3) is 0.368. The summed E-state index contributed by atoms with van der Waals surface area (Å²) < 4.78 is 25.0. The summed E-state index contributed by atoms with van der Waals surface area (Å²) in [6.45, 7) is 1.17. The molecule has 0 atom stereocenters. The van der Waals surface area contributed by atoms with Gasteiger partial charge in [0.25, 0.3) is 5.91 Å². The normalized spacial score (nSPS) is 11.1. The molecule has 0 N–H and O–H groups in total. The van der Waals surface area contributed by atoms with Crippen LogP contribution < -0.4 is 14.4 Å². The fourth-order valence-electron chi connectivity index (χ4n) is 2.70. The Hall–Kier alpha value is -2.85. The van der Waals surface area contributed by atoms with Gasteiger partial charge in [-0.3, -0.25) is 9.69 Å². The highest BCUT2D eigenvalue weighted by Gasteiger charge is 2.24. The van der Waals surface area contributed by atoms with Crippen molar-refractivity contribution in [2.45, 2.75) is 6.42 Å². The number of methoxy groups -OCH3 is 2. The Morgan fingerprint density at radius 2 is 1.93 bits per heavy atom. The van der Waals surface area contributed by atoms with Crippen molar-refractivity contribution >= 4 is 32.6 Å². The summed E-state index contributed by atoms with van der Waals surface area (Å²) in [5.41, 5.74) is 0.356. The van der Waals surface area contributed by atoms with E-state index in [-0.39, 0.29) is 29.0 Å². The van der Waals surface area contributed by atoms with E-state index in [0.717, 1.165) is 6.54 Å². The van der Waals surface area contributed by atoms with E-state index in [2.05, 4.69) is 15.0 Å². The van der Waals surface area contributed by atoms with E-state index in [1.54, 1.807) is 12.1 Å². The average molecular weight is 419 g/mol. The molecule has 0 saturated carbocycles. The summed E-state index contributed by atoms with van der Waals surface area (Å²) in [6, 6.07) is 6.22. The summed E-state index contributed by atoms with van der Waals surface area (Å²) in [6.07, 6.45) is 0.705. The summed E-state index contributed by atoms with van der Waals surface area (Å²) in [4.78, 5) is 29.4. The minimum Gasteiger partial charge on any atom is -0.481 e. The molecular formula is C19H22FN5O3S. The van der Waals surface area contributed by atoms with Gasteiger partial charge in [0, 0.05) is 12.6 Å². The molecule has 0 aliphatic rings. The van der Waals surface area contributed by atoms with Gasteiger partial charge in [-0.25, -0.2) is 9.37 Å². The number of benzene rings is 1. The maximum atomic E-state index is 14.1. The van der Waals surface area contributed by atoms with Crippen LogP contribution >= 0.6 is 11.3 Å². The summed E-state index contributed by atoms with van der Waals surface area (Å²) in [5, 5.41) is 0.408. The van der Waals surface area contributed by atoms with Crippen molar-refractivity contribution < 1.29 is 18.7 Å². The highest BCUT2D eigenvalue weighted by Crippen LogP contribution is 2.31. The Bertz CT molecular complexity index is 988. The second kappa shape index (κ2) is 9.10. The summed E-state index contributed by atoms with van der Waals surface area (Å²) in [5.74, 6) is -0.595. The van der Waals surface area contributed by atoms with Crippen LogP contribution in [0.25, 0.3) is 10.2 Å². The highest BCUT2D eigenvalue weighted by molar-refractivity contribution is 7.22. The monoisotopic (exact) mass is 419 g/mol. The minimum atomic E-state index is -0.420. The molecule has 154 valence electrons. The standard InChI is InChI=1S/C19H22FN5O3S/c1-24(2)9-6-10-25(19-23-16-12(20)7-5-8-14(16)29-19)17(26)13-11-15(27-3)22-18(21-13)28-4/h5,7-8,11H,6,9-10H2,1-4H3. The quantitative estimate of drug-likeness (QED) is 0.555. The fourth-order valence-corrected chi connectivity index (χ4v) is 3.70. The molecule has 3 rings (SSSR count). The van der Waals surface area contributed by atoms with Crippen molar-refractivity contribution in [1.82, 2.24) is 19.9 Å². The van der Waals surface area contributed by atoms with Crippen LogP contribution in [0.5, 0.6) is 11.9 Å². The summed E-state index contributed by atoms with van der Waals surface area (Å²) >= 11 is 1.26. The zero-order valence-corrected chi connectivity index (χ0v) is 17.5. The van der Waals surface area contributed by atoms with E-state index in [9.17, 15) is 9.18 Å². The second-order valence-corrected chi connectivity index (χ2v) is 7.49. The second-order valence-electron chi connectivity index (χ2n) is 6.48. The number of thiazole rings is 1. The molecule has 10 heteroatoms. The van der Waals surface area contributed by atoms with Gasteiger partial charge in [0.2, 0.25) is 5.88 Å². The Kier molecular flexibility index (Phi) is 6.55. The van der Waals surface area contributed by atoms with Crippen LogP contribution in [-0.2, 0) is 0 Å². The van der Waals surface area contributed by atoms with E-state index in [4.69, 9.17) is 9.47 Å². The minimum absolute atomic E-state index is 0.0243. The highest BCUT2D eigenvalue weighted by atomic mass is 32.1. The largest absolute Gasteiger partial charge is 0.481 e. The van der Waals surface area contributed by atoms with Crippen LogP contribution in [0, 0.1) is 5.82 Å². The number of anilines is 1. The van der Waals surface area contributed by atoms with Crippen molar-refractivity contribution in [1.29, 1.82) is 0 Å². The number of carbonyl (C=O) groups excluding carboxylic acids is 1. The first kappa shape index (κ1) is 20.9. The molecule has 1 amide bonds. The smallest absolute Gasteiger partial charge is 0.320 e. The number of aromatic nitrogens is 3. The molecule has 0 unspecified atom stereocenters. The third-order valence-electron chi connectivity index (χ3n) is 4.11. The predicted molar refractivity (Wildman–Crippen MR) is 110 cm³/mol. The molecular weight excluding hydrogens is 397 g/mol. The first-order chi connectivity index (χ1) is 13.9. The van der Waals surface area contributed by atoms with Gasteiger partial charge in [0.1, 0.15) is 17.0 Å². The molecule has 8 nitrogen and oxygen atoms in total. The van der Waals surface area contributed by atoms with Crippen LogP contribution in [0.15, 0.2) is 24.3 Å². The first-order valence-corrected chi connectivity index (χ1v) is 9.73. The molecule has 0 bridgehead atoms. The molecule has 0 saturated heterocycles. The first-order valence-electron chi connectivity index (χ1n) is 8.91. The van der Waals surface area contributed by atoms with E-state index in [1.807, 2.05) is 19.0 Å². The number of halogens is 1. The molecule has 2 aromatic heterocycles. The zero-order chi connectivity index (χ0) is 21.0. The van der Waals surface area contributed by atoms with Crippen molar-refractivity contribution in [3.05, 3.63) is 35.8 Å². The number of para-hydroxylation sites is 1. The van der Waals surface area contributed by atoms with Gasteiger partial charge < -0.3 is 14.4 Å². The van der Waals surface area contributed by atoms with Crippen LogP contribution in [0.2, 0.25) is 0 Å². The lowest BCUT2D eigenvalue weighted by atomic mass is 10.3. The number of fused-ring (bicyclic) bond motifs is 1. The molecule has 0 radical (unpaired) electrons. The van der Waals surface area contributed by atoms with Gasteiger partial charge >= 0.3 is 6.01 Å². The molecule has 3 aromatic rings. The SMILES string of the molecule is COc1cc(C(=O)N(CCCN(C)C)c2nc3c(F)cccc3s2)nc(OC)n1. The van der Waals surface area contributed by atoms with Gasteiger partial charge in [-0.1, -0.05) is 17.4 Å². The number of carbonyl (C=O) groups is 1. The van der Waals surface area contributed by atoms with Crippen LogP contribution in [0.3, 0.4) is 0 Å². The lowest BCUT2D eigenvalue weighted by Gasteiger charge is -2.20. The molecule has 1 aromatic carbocycles. The van der Waals surface area contributed by atoms with Crippen LogP contribution in [-0.4, -0.2) is 67.2 Å². The number of hydrogen-bond donors (Lipinski definition) is 0. The van der Waals surface area contributed by atoms with Crippen LogP contribution in [0.4, 0.5) is 9.52 Å². The van der Waals surface area contributed by atoms with E-state index < -0.39 is 5.82 Å². The zero-order valence-electron chi connectivity index (χ0n) is 16.7. The van der Waals surface area contributed by atoms with Crippen LogP contribution in [0.1, 0.15) is 16.9 Å². The Morgan fingerprint density at radius 1 is 1.14 bits per heavy atom. The number of amides is 1. The Labute approximate surface area is 171 Å². The summed E-state index contributed by atoms with van der Waals surface area (Å²) in [7, 11) is 6.77. The number of hydrogen-bond acceptors (Lipinski definition) is 8. The van der Waals surface area contributed by atoms with E-state index in [1.165, 1.54) is 42.6 Å². The van der Waals surface area contributed by atoms with E-state index >= 15 is 0 Å². The van der Waals surface area contributed by atoms with Gasteiger partial charge in [-0.15, -0.1) is 0 Å². The Balaban J connectivity index is 2.00. The molecule has 2 heterocycles. The predicted octanol–water partition coefficient (Wildman–Crippen LogP) is 2.84.